The third-order valence-electron chi connectivity index (χ3n) is 3.04. The Balaban J connectivity index is 1.98. The molecule has 0 radical (unpaired) electrons. The van der Waals surface area contributed by atoms with Gasteiger partial charge in [0, 0.05) is 6.04 Å². The van der Waals surface area contributed by atoms with Crippen molar-refractivity contribution < 1.29 is 4.79 Å². The zero-order valence-electron chi connectivity index (χ0n) is 11.3. The molecule has 1 aliphatic rings. The van der Waals surface area contributed by atoms with Crippen LogP contribution in [0.2, 0.25) is 0 Å². The highest BCUT2D eigenvalue weighted by atomic mass is 32.2. The van der Waals surface area contributed by atoms with Gasteiger partial charge in [0.1, 0.15) is 0 Å². The molecule has 1 saturated heterocycles. The van der Waals surface area contributed by atoms with Crippen LogP contribution in [-0.4, -0.2) is 36.5 Å². The Bertz CT molecular complexity index is 229. The minimum atomic E-state index is 0.193. The van der Waals surface area contributed by atoms with E-state index in [1.807, 2.05) is 0 Å². The second-order valence-corrected chi connectivity index (χ2v) is 6.51. The average molecular weight is 258 g/mol. The first-order valence-electron chi connectivity index (χ1n) is 6.65. The molecule has 0 bridgehead atoms. The lowest BCUT2D eigenvalue weighted by atomic mass is 10.0. The van der Waals surface area contributed by atoms with E-state index in [1.54, 1.807) is 11.8 Å². The van der Waals surface area contributed by atoms with Crippen molar-refractivity contribution in [3.63, 3.8) is 0 Å². The van der Waals surface area contributed by atoms with Gasteiger partial charge in [-0.3, -0.25) is 4.79 Å². The van der Waals surface area contributed by atoms with E-state index in [0.717, 1.165) is 37.1 Å². The smallest absolute Gasteiger partial charge is 0.230 e. The van der Waals surface area contributed by atoms with Gasteiger partial charge in [-0.05, 0) is 50.4 Å². The molecule has 1 aliphatic heterocycles. The summed E-state index contributed by atoms with van der Waals surface area (Å²) in [4.78, 5) is 11.6. The minimum absolute atomic E-state index is 0.193. The van der Waals surface area contributed by atoms with Crippen LogP contribution in [0.1, 0.15) is 33.6 Å². The van der Waals surface area contributed by atoms with E-state index in [2.05, 4.69) is 31.4 Å². The first kappa shape index (κ1) is 14.8. The van der Waals surface area contributed by atoms with Crippen molar-refractivity contribution in [3.05, 3.63) is 0 Å². The van der Waals surface area contributed by atoms with Crippen molar-refractivity contribution in [3.8, 4) is 0 Å². The molecule has 0 spiro atoms. The minimum Gasteiger partial charge on any atom is -0.353 e. The lowest BCUT2D eigenvalue weighted by Gasteiger charge is -2.26. The highest BCUT2D eigenvalue weighted by Gasteiger charge is 2.17. The SMILES string of the molecule is CC(C)CCC(C)NC(=O)CSCC1CNC1. The maximum atomic E-state index is 11.6. The molecular formula is C13H26N2OS. The molecule has 3 nitrogen and oxygen atoms in total. The maximum absolute atomic E-state index is 11.6. The second kappa shape index (κ2) is 7.98. The van der Waals surface area contributed by atoms with Crippen LogP contribution in [0.15, 0.2) is 0 Å². The van der Waals surface area contributed by atoms with E-state index in [0.29, 0.717) is 11.8 Å². The van der Waals surface area contributed by atoms with Crippen molar-refractivity contribution in [1.29, 1.82) is 0 Å². The van der Waals surface area contributed by atoms with Gasteiger partial charge in [0.05, 0.1) is 5.75 Å². The van der Waals surface area contributed by atoms with E-state index in [1.165, 1.54) is 6.42 Å². The molecule has 0 aromatic rings. The summed E-state index contributed by atoms with van der Waals surface area (Å²) in [6, 6.07) is 0.316. The number of hydrogen-bond acceptors (Lipinski definition) is 3. The predicted molar refractivity (Wildman–Crippen MR) is 75.4 cm³/mol. The lowest BCUT2D eigenvalue weighted by molar-refractivity contribution is -0.119. The molecule has 100 valence electrons. The highest BCUT2D eigenvalue weighted by Crippen LogP contribution is 2.12. The summed E-state index contributed by atoms with van der Waals surface area (Å²) in [6.07, 6.45) is 2.27. The highest BCUT2D eigenvalue weighted by molar-refractivity contribution is 7.99. The van der Waals surface area contributed by atoms with Crippen LogP contribution < -0.4 is 10.6 Å². The zero-order chi connectivity index (χ0) is 12.7. The third kappa shape index (κ3) is 6.94. The van der Waals surface area contributed by atoms with Gasteiger partial charge in [-0.2, -0.15) is 11.8 Å². The summed E-state index contributed by atoms with van der Waals surface area (Å²) in [5, 5.41) is 6.31. The van der Waals surface area contributed by atoms with Gasteiger partial charge in [-0.25, -0.2) is 0 Å². The summed E-state index contributed by atoms with van der Waals surface area (Å²) in [6.45, 7) is 8.79. The molecule has 1 heterocycles. The molecular weight excluding hydrogens is 232 g/mol. The van der Waals surface area contributed by atoms with Gasteiger partial charge in [-0.15, -0.1) is 0 Å². The molecule has 0 saturated carbocycles. The number of carbonyl (C=O) groups excluding carboxylic acids is 1. The van der Waals surface area contributed by atoms with Crippen molar-refractivity contribution in [1.82, 2.24) is 10.6 Å². The maximum Gasteiger partial charge on any atom is 0.230 e. The number of amides is 1. The van der Waals surface area contributed by atoms with Crippen LogP contribution in [0.5, 0.6) is 0 Å². The number of carbonyl (C=O) groups is 1. The fraction of sp³-hybridized carbons (Fsp3) is 0.923. The summed E-state index contributed by atoms with van der Waals surface area (Å²) >= 11 is 1.76. The van der Waals surface area contributed by atoms with Gasteiger partial charge >= 0.3 is 0 Å². The van der Waals surface area contributed by atoms with Crippen LogP contribution >= 0.6 is 11.8 Å². The first-order chi connectivity index (χ1) is 8.08. The van der Waals surface area contributed by atoms with E-state index in [-0.39, 0.29) is 5.91 Å². The lowest BCUT2D eigenvalue weighted by Crippen LogP contribution is -2.43. The molecule has 1 amide bonds. The quantitative estimate of drug-likeness (QED) is 0.698. The van der Waals surface area contributed by atoms with Crippen LogP contribution in [0.4, 0.5) is 0 Å². The fourth-order valence-corrected chi connectivity index (χ4v) is 2.71. The predicted octanol–water partition coefficient (Wildman–Crippen LogP) is 1.88. The molecule has 1 atom stereocenters. The molecule has 1 rings (SSSR count). The molecule has 4 heteroatoms. The second-order valence-electron chi connectivity index (χ2n) is 5.48. The van der Waals surface area contributed by atoms with Crippen LogP contribution in [0.3, 0.4) is 0 Å². The topological polar surface area (TPSA) is 41.1 Å². The van der Waals surface area contributed by atoms with E-state index >= 15 is 0 Å². The Morgan fingerprint density at radius 1 is 1.35 bits per heavy atom. The Labute approximate surface area is 109 Å². The van der Waals surface area contributed by atoms with Gasteiger partial charge in [0.2, 0.25) is 5.91 Å². The van der Waals surface area contributed by atoms with Crippen molar-refractivity contribution >= 4 is 17.7 Å². The molecule has 1 fully saturated rings. The molecule has 0 aliphatic carbocycles. The van der Waals surface area contributed by atoms with Crippen molar-refractivity contribution in [2.45, 2.75) is 39.7 Å². The summed E-state index contributed by atoms with van der Waals surface area (Å²) in [5.74, 6) is 3.42. The van der Waals surface area contributed by atoms with Crippen molar-refractivity contribution in [2.75, 3.05) is 24.6 Å². The normalized spacial score (nSPS) is 17.9. The average Bonchev–Trinajstić information content (AvgIpc) is 2.18. The number of hydrogen-bond donors (Lipinski definition) is 2. The van der Waals surface area contributed by atoms with Crippen LogP contribution in [0, 0.1) is 11.8 Å². The summed E-state index contributed by atoms with van der Waals surface area (Å²) in [7, 11) is 0. The molecule has 1 unspecified atom stereocenters. The van der Waals surface area contributed by atoms with Crippen LogP contribution in [-0.2, 0) is 4.79 Å². The number of rotatable bonds is 8. The van der Waals surface area contributed by atoms with Crippen molar-refractivity contribution in [2.24, 2.45) is 11.8 Å². The molecule has 0 aromatic heterocycles. The van der Waals surface area contributed by atoms with Gasteiger partial charge < -0.3 is 10.6 Å². The molecule has 17 heavy (non-hydrogen) atoms. The third-order valence-corrected chi connectivity index (χ3v) is 4.21. The summed E-state index contributed by atoms with van der Waals surface area (Å²) in [5.41, 5.74) is 0. The molecule has 0 aromatic carbocycles. The van der Waals surface area contributed by atoms with Crippen LogP contribution in [0.25, 0.3) is 0 Å². The van der Waals surface area contributed by atoms with E-state index < -0.39 is 0 Å². The largest absolute Gasteiger partial charge is 0.353 e. The van der Waals surface area contributed by atoms with Gasteiger partial charge in [0.15, 0.2) is 0 Å². The Morgan fingerprint density at radius 3 is 2.59 bits per heavy atom. The molecule has 2 N–H and O–H groups in total. The number of nitrogens with one attached hydrogen (secondary N) is 2. The van der Waals surface area contributed by atoms with Gasteiger partial charge in [-0.1, -0.05) is 13.8 Å². The van der Waals surface area contributed by atoms with E-state index in [9.17, 15) is 4.79 Å². The van der Waals surface area contributed by atoms with Gasteiger partial charge in [0.25, 0.3) is 0 Å². The Hall–Kier alpha value is -0.220. The number of thioether (sulfide) groups is 1. The summed E-state index contributed by atoms with van der Waals surface area (Å²) < 4.78 is 0. The monoisotopic (exact) mass is 258 g/mol. The standard InChI is InChI=1S/C13H26N2OS/c1-10(2)4-5-11(3)15-13(16)9-17-8-12-6-14-7-12/h10-12,14H,4-9H2,1-3H3,(H,15,16). The fourth-order valence-electron chi connectivity index (χ4n) is 1.76. The Kier molecular flexibility index (Phi) is 6.97. The Morgan fingerprint density at radius 2 is 2.06 bits per heavy atom. The first-order valence-corrected chi connectivity index (χ1v) is 7.81. The zero-order valence-corrected chi connectivity index (χ0v) is 12.1. The van der Waals surface area contributed by atoms with E-state index in [4.69, 9.17) is 0 Å².